The van der Waals surface area contributed by atoms with Crippen LogP contribution in [-0.4, -0.2) is 15.6 Å². The van der Waals surface area contributed by atoms with E-state index in [1.807, 2.05) is 90.6 Å². The molecule has 1 saturated heterocycles. The standard InChI is InChI=1S/C21H17N3OS/c1-15-7-9-17(10-8-15)22-21-23-20(25)19(26-21)13-16-11-12-24(14-16)18-5-3-2-4-6-18/h2-14H,1H3,(H,22,23,25)/b19-13+. The van der Waals surface area contributed by atoms with Crippen LogP contribution in [0.3, 0.4) is 0 Å². The zero-order chi connectivity index (χ0) is 17.9. The molecule has 3 aromatic rings. The Morgan fingerprint density at radius 2 is 1.81 bits per heavy atom. The molecule has 1 aliphatic heterocycles. The van der Waals surface area contributed by atoms with Crippen molar-refractivity contribution >= 4 is 34.6 Å². The maximum atomic E-state index is 12.2. The first kappa shape index (κ1) is 16.4. The maximum absolute atomic E-state index is 12.2. The van der Waals surface area contributed by atoms with Crippen molar-refractivity contribution in [1.29, 1.82) is 0 Å². The van der Waals surface area contributed by atoms with Crippen molar-refractivity contribution in [3.05, 3.63) is 89.1 Å². The highest BCUT2D eigenvalue weighted by atomic mass is 32.2. The van der Waals surface area contributed by atoms with E-state index in [-0.39, 0.29) is 5.91 Å². The molecule has 2 heterocycles. The van der Waals surface area contributed by atoms with Gasteiger partial charge in [-0.3, -0.25) is 4.79 Å². The number of nitrogens with zero attached hydrogens (tertiary/aromatic N) is 2. The van der Waals surface area contributed by atoms with Gasteiger partial charge in [0.25, 0.3) is 5.91 Å². The molecule has 0 bridgehead atoms. The Kier molecular flexibility index (Phi) is 4.46. The molecule has 1 aromatic heterocycles. The highest BCUT2D eigenvalue weighted by molar-refractivity contribution is 8.18. The minimum absolute atomic E-state index is 0.117. The fourth-order valence-electron chi connectivity index (χ4n) is 2.63. The van der Waals surface area contributed by atoms with E-state index in [0.29, 0.717) is 10.1 Å². The van der Waals surface area contributed by atoms with Gasteiger partial charge in [0.05, 0.1) is 10.6 Å². The molecular formula is C21H17N3OS. The molecule has 0 spiro atoms. The Morgan fingerprint density at radius 3 is 2.58 bits per heavy atom. The van der Waals surface area contributed by atoms with Crippen LogP contribution in [0.4, 0.5) is 5.69 Å². The van der Waals surface area contributed by atoms with E-state index in [1.54, 1.807) is 0 Å². The number of carbonyl (C=O) groups is 1. The number of hydrogen-bond donors (Lipinski definition) is 1. The average Bonchev–Trinajstić information content (AvgIpc) is 3.25. The number of aromatic nitrogens is 1. The smallest absolute Gasteiger partial charge is 0.264 e. The van der Waals surface area contributed by atoms with Crippen LogP contribution in [0.2, 0.25) is 0 Å². The number of rotatable bonds is 3. The third-order valence-corrected chi connectivity index (χ3v) is 4.89. The number of amidine groups is 1. The summed E-state index contributed by atoms with van der Waals surface area (Å²) in [5.74, 6) is -0.117. The lowest BCUT2D eigenvalue weighted by molar-refractivity contribution is -0.115. The van der Waals surface area contributed by atoms with E-state index < -0.39 is 0 Å². The molecule has 0 aliphatic carbocycles. The van der Waals surface area contributed by atoms with E-state index in [0.717, 1.165) is 16.9 Å². The van der Waals surface area contributed by atoms with E-state index in [9.17, 15) is 4.79 Å². The van der Waals surface area contributed by atoms with Crippen molar-refractivity contribution in [3.8, 4) is 5.69 Å². The van der Waals surface area contributed by atoms with Gasteiger partial charge in [-0.2, -0.15) is 0 Å². The molecule has 1 amide bonds. The van der Waals surface area contributed by atoms with E-state index in [2.05, 4.69) is 10.3 Å². The van der Waals surface area contributed by atoms with Crippen LogP contribution >= 0.6 is 11.8 Å². The molecule has 2 aromatic carbocycles. The van der Waals surface area contributed by atoms with Crippen LogP contribution in [0.25, 0.3) is 11.8 Å². The van der Waals surface area contributed by atoms with Crippen molar-refractivity contribution in [2.45, 2.75) is 6.92 Å². The van der Waals surface area contributed by atoms with Crippen LogP contribution in [0, 0.1) is 6.92 Å². The lowest BCUT2D eigenvalue weighted by Gasteiger charge is -2.00. The predicted molar refractivity (Wildman–Crippen MR) is 108 cm³/mol. The summed E-state index contributed by atoms with van der Waals surface area (Å²) in [7, 11) is 0. The maximum Gasteiger partial charge on any atom is 0.264 e. The second-order valence-electron chi connectivity index (χ2n) is 6.00. The summed E-state index contributed by atoms with van der Waals surface area (Å²) in [6.45, 7) is 2.03. The third kappa shape index (κ3) is 3.63. The SMILES string of the molecule is Cc1ccc(N=C2NC(=O)/C(=C\c3ccn(-c4ccccc4)c3)S2)cc1. The number of carbonyl (C=O) groups excluding carboxylic acids is 1. The zero-order valence-corrected chi connectivity index (χ0v) is 15.0. The molecule has 0 unspecified atom stereocenters. The number of para-hydroxylation sites is 1. The zero-order valence-electron chi connectivity index (χ0n) is 14.2. The number of aliphatic imine (C=N–C) groups is 1. The summed E-state index contributed by atoms with van der Waals surface area (Å²) in [5, 5.41) is 3.43. The molecule has 0 radical (unpaired) electrons. The summed E-state index contributed by atoms with van der Waals surface area (Å²) < 4.78 is 2.03. The highest BCUT2D eigenvalue weighted by Gasteiger charge is 2.23. The molecule has 0 saturated carbocycles. The number of aryl methyl sites for hydroxylation is 1. The number of amides is 1. The monoisotopic (exact) mass is 359 g/mol. The molecule has 0 atom stereocenters. The molecule has 4 nitrogen and oxygen atoms in total. The van der Waals surface area contributed by atoms with Gasteiger partial charge in [-0.25, -0.2) is 4.99 Å². The second-order valence-corrected chi connectivity index (χ2v) is 7.04. The fourth-order valence-corrected chi connectivity index (χ4v) is 3.47. The van der Waals surface area contributed by atoms with Gasteiger partial charge >= 0.3 is 0 Å². The molecule has 1 fully saturated rings. The van der Waals surface area contributed by atoms with Gasteiger partial charge in [-0.05, 0) is 60.7 Å². The van der Waals surface area contributed by atoms with Crippen molar-refractivity contribution < 1.29 is 4.79 Å². The molecule has 128 valence electrons. The lowest BCUT2D eigenvalue weighted by atomic mass is 10.2. The van der Waals surface area contributed by atoms with Gasteiger partial charge in [0.1, 0.15) is 0 Å². The Bertz CT molecular complexity index is 1000. The van der Waals surface area contributed by atoms with Crippen LogP contribution in [0.5, 0.6) is 0 Å². The number of benzene rings is 2. The van der Waals surface area contributed by atoms with Crippen LogP contribution in [0.1, 0.15) is 11.1 Å². The van der Waals surface area contributed by atoms with Gasteiger partial charge in [-0.1, -0.05) is 35.9 Å². The minimum Gasteiger partial charge on any atom is -0.323 e. The molecule has 5 heteroatoms. The van der Waals surface area contributed by atoms with Gasteiger partial charge in [-0.15, -0.1) is 0 Å². The fraction of sp³-hybridized carbons (Fsp3) is 0.0476. The van der Waals surface area contributed by atoms with Gasteiger partial charge in [0, 0.05) is 18.1 Å². The Balaban J connectivity index is 1.54. The molecule has 26 heavy (non-hydrogen) atoms. The molecule has 1 aliphatic rings. The highest BCUT2D eigenvalue weighted by Crippen LogP contribution is 2.28. The van der Waals surface area contributed by atoms with E-state index >= 15 is 0 Å². The predicted octanol–water partition coefficient (Wildman–Crippen LogP) is 4.68. The Labute approximate surface area is 156 Å². The summed E-state index contributed by atoms with van der Waals surface area (Å²) in [4.78, 5) is 17.4. The summed E-state index contributed by atoms with van der Waals surface area (Å²) in [6, 6.07) is 20.0. The van der Waals surface area contributed by atoms with Crippen LogP contribution in [-0.2, 0) is 4.79 Å². The lowest BCUT2D eigenvalue weighted by Crippen LogP contribution is -2.19. The Morgan fingerprint density at radius 1 is 1.04 bits per heavy atom. The van der Waals surface area contributed by atoms with Crippen molar-refractivity contribution in [2.75, 3.05) is 0 Å². The number of nitrogens with one attached hydrogen (secondary N) is 1. The van der Waals surface area contributed by atoms with Crippen LogP contribution < -0.4 is 5.32 Å². The molecular weight excluding hydrogens is 342 g/mol. The third-order valence-electron chi connectivity index (χ3n) is 3.98. The summed E-state index contributed by atoms with van der Waals surface area (Å²) in [6.07, 6.45) is 5.88. The van der Waals surface area contributed by atoms with E-state index in [1.165, 1.54) is 17.3 Å². The van der Waals surface area contributed by atoms with Crippen molar-refractivity contribution in [2.24, 2.45) is 4.99 Å². The largest absolute Gasteiger partial charge is 0.323 e. The second kappa shape index (κ2) is 7.06. The Hall–Kier alpha value is -3.05. The number of hydrogen-bond acceptors (Lipinski definition) is 3. The average molecular weight is 359 g/mol. The van der Waals surface area contributed by atoms with Crippen LogP contribution in [0.15, 0.2) is 83.0 Å². The number of thioether (sulfide) groups is 1. The van der Waals surface area contributed by atoms with Gasteiger partial charge in [0.2, 0.25) is 0 Å². The van der Waals surface area contributed by atoms with Gasteiger partial charge < -0.3 is 9.88 Å². The van der Waals surface area contributed by atoms with Gasteiger partial charge in [0.15, 0.2) is 5.17 Å². The first-order valence-electron chi connectivity index (χ1n) is 8.27. The van der Waals surface area contributed by atoms with E-state index in [4.69, 9.17) is 0 Å². The van der Waals surface area contributed by atoms with Crippen molar-refractivity contribution in [1.82, 2.24) is 9.88 Å². The quantitative estimate of drug-likeness (QED) is 0.690. The first-order chi connectivity index (χ1) is 12.7. The first-order valence-corrected chi connectivity index (χ1v) is 9.09. The normalized spacial score (nSPS) is 17.0. The molecule has 1 N–H and O–H groups in total. The molecule has 4 rings (SSSR count). The van der Waals surface area contributed by atoms with Crippen molar-refractivity contribution in [3.63, 3.8) is 0 Å². The summed E-state index contributed by atoms with van der Waals surface area (Å²) in [5.41, 5.74) is 4.07. The minimum atomic E-state index is -0.117. The summed E-state index contributed by atoms with van der Waals surface area (Å²) >= 11 is 1.36. The topological polar surface area (TPSA) is 46.4 Å².